The number of esters is 1. The molecule has 0 atom stereocenters. The lowest BCUT2D eigenvalue weighted by atomic mass is 9.95. The van der Waals surface area contributed by atoms with Gasteiger partial charge in [-0.05, 0) is 51.3 Å². The van der Waals surface area contributed by atoms with Gasteiger partial charge in [-0.2, -0.15) is 0 Å². The van der Waals surface area contributed by atoms with Crippen molar-refractivity contribution in [1.29, 1.82) is 0 Å². The minimum absolute atomic E-state index is 0.170. The molecule has 0 unspecified atom stereocenters. The van der Waals surface area contributed by atoms with Crippen LogP contribution in [0.2, 0.25) is 0 Å². The lowest BCUT2D eigenvalue weighted by molar-refractivity contribution is -0.148. The van der Waals surface area contributed by atoms with Gasteiger partial charge in [-0.15, -0.1) is 0 Å². The zero-order valence-electron chi connectivity index (χ0n) is 12.7. The fourth-order valence-electron chi connectivity index (χ4n) is 1.98. The molecule has 0 bridgehead atoms. The molecule has 0 amide bonds. The predicted molar refractivity (Wildman–Crippen MR) is 82.0 cm³/mol. The zero-order valence-corrected chi connectivity index (χ0v) is 12.7. The van der Waals surface area contributed by atoms with Gasteiger partial charge in [-0.25, -0.2) is 0 Å². The second kappa shape index (κ2) is 5.66. The van der Waals surface area contributed by atoms with E-state index in [1.165, 1.54) is 16.7 Å². The Kier molecular flexibility index (Phi) is 4.12. The number of benzene rings is 1. The third-order valence-corrected chi connectivity index (χ3v) is 3.37. The average molecular weight is 270 g/mol. The lowest BCUT2D eigenvalue weighted by Crippen LogP contribution is -2.23. The van der Waals surface area contributed by atoms with Gasteiger partial charge in [0.05, 0.1) is 5.41 Å². The molecule has 0 saturated heterocycles. The minimum Gasteiger partial charge on any atom is -0.431 e. The first-order chi connectivity index (χ1) is 9.36. The number of hydrogen-bond donors (Lipinski definition) is 0. The molecule has 0 N–H and O–H groups in total. The van der Waals surface area contributed by atoms with Crippen molar-refractivity contribution in [3.05, 3.63) is 53.3 Å². The molecule has 0 heterocycles. The lowest BCUT2D eigenvalue weighted by Gasteiger charge is -2.20. The van der Waals surface area contributed by atoms with Gasteiger partial charge < -0.3 is 4.74 Å². The Morgan fingerprint density at radius 1 is 1.05 bits per heavy atom. The summed E-state index contributed by atoms with van der Waals surface area (Å²) in [5.74, 6) is 0.594. The molecule has 1 aromatic carbocycles. The summed E-state index contributed by atoms with van der Waals surface area (Å²) < 4.78 is 5.44. The van der Waals surface area contributed by atoms with Crippen LogP contribution in [0, 0.1) is 12.3 Å². The van der Waals surface area contributed by atoms with Crippen LogP contribution in [-0.4, -0.2) is 5.97 Å². The van der Waals surface area contributed by atoms with Gasteiger partial charge in [0, 0.05) is 6.42 Å². The molecule has 0 radical (unpaired) electrons. The second-order valence-corrected chi connectivity index (χ2v) is 6.33. The number of carbonyl (C=O) groups excluding carboxylic acids is 1. The van der Waals surface area contributed by atoms with Crippen molar-refractivity contribution in [2.75, 3.05) is 0 Å². The second-order valence-electron chi connectivity index (χ2n) is 6.33. The summed E-state index contributed by atoms with van der Waals surface area (Å²) in [5, 5.41) is 0. The fraction of sp³-hybridized carbons (Fsp3) is 0.389. The number of carbonyl (C=O) groups is 1. The number of aryl methyl sites for hydroxylation is 1. The van der Waals surface area contributed by atoms with E-state index >= 15 is 0 Å². The largest absolute Gasteiger partial charge is 0.431 e. The molecular weight excluding hydrogens is 248 g/mol. The van der Waals surface area contributed by atoms with Gasteiger partial charge in [-0.1, -0.05) is 35.9 Å². The van der Waals surface area contributed by atoms with E-state index in [0.29, 0.717) is 0 Å². The van der Waals surface area contributed by atoms with Crippen LogP contribution in [0.25, 0.3) is 5.57 Å². The van der Waals surface area contributed by atoms with Crippen LogP contribution in [0.1, 0.15) is 44.7 Å². The molecule has 0 fully saturated rings. The molecular formula is C18H22O2. The summed E-state index contributed by atoms with van der Waals surface area (Å²) in [4.78, 5) is 11.8. The van der Waals surface area contributed by atoms with Crippen LogP contribution in [0.3, 0.4) is 0 Å². The Hall–Kier alpha value is -1.83. The van der Waals surface area contributed by atoms with Gasteiger partial charge in [0.15, 0.2) is 0 Å². The first-order valence-electron chi connectivity index (χ1n) is 7.05. The number of allylic oxidation sites excluding steroid dienone is 4. The maximum Gasteiger partial charge on any atom is 0.316 e. The average Bonchev–Trinajstić information content (AvgIpc) is 2.39. The molecule has 1 aromatic rings. The van der Waals surface area contributed by atoms with Crippen molar-refractivity contribution < 1.29 is 9.53 Å². The zero-order chi connectivity index (χ0) is 14.8. The predicted octanol–water partition coefficient (Wildman–Crippen LogP) is 4.65. The Morgan fingerprint density at radius 3 is 2.20 bits per heavy atom. The highest BCUT2D eigenvalue weighted by Crippen LogP contribution is 2.28. The Bertz CT molecular complexity index is 554. The van der Waals surface area contributed by atoms with E-state index in [0.717, 1.165) is 18.6 Å². The van der Waals surface area contributed by atoms with E-state index in [1.807, 2.05) is 26.8 Å². The van der Waals surface area contributed by atoms with Crippen LogP contribution < -0.4 is 0 Å². The summed E-state index contributed by atoms with van der Waals surface area (Å²) in [6.45, 7) is 7.69. The molecule has 20 heavy (non-hydrogen) atoms. The number of rotatable bonds is 2. The normalized spacial score (nSPS) is 15.4. The van der Waals surface area contributed by atoms with Gasteiger partial charge in [0.1, 0.15) is 5.76 Å². The Balaban J connectivity index is 2.08. The van der Waals surface area contributed by atoms with Crippen LogP contribution in [-0.2, 0) is 9.53 Å². The topological polar surface area (TPSA) is 26.3 Å². The maximum atomic E-state index is 11.8. The van der Waals surface area contributed by atoms with Crippen molar-refractivity contribution in [1.82, 2.24) is 0 Å². The molecule has 2 rings (SSSR count). The SMILES string of the molecule is Cc1ccc(C2=CC=C(OC(=O)C(C)(C)C)CC2)cc1. The van der Waals surface area contributed by atoms with Crippen LogP contribution in [0.5, 0.6) is 0 Å². The van der Waals surface area contributed by atoms with Crippen molar-refractivity contribution in [2.24, 2.45) is 5.41 Å². The van der Waals surface area contributed by atoms with Crippen molar-refractivity contribution in [3.8, 4) is 0 Å². The summed E-state index contributed by atoms with van der Waals surface area (Å²) in [7, 11) is 0. The molecule has 0 spiro atoms. The van der Waals surface area contributed by atoms with Gasteiger partial charge in [-0.3, -0.25) is 4.79 Å². The number of hydrogen-bond acceptors (Lipinski definition) is 2. The van der Waals surface area contributed by atoms with Gasteiger partial charge in [0.2, 0.25) is 0 Å². The Labute approximate surface area is 121 Å². The highest BCUT2D eigenvalue weighted by molar-refractivity contribution is 5.77. The molecule has 1 aliphatic carbocycles. The summed E-state index contributed by atoms with van der Waals surface area (Å²) in [6.07, 6.45) is 5.66. The van der Waals surface area contributed by atoms with E-state index in [9.17, 15) is 4.79 Å². The molecule has 2 heteroatoms. The standard InChI is InChI=1S/C18H22O2/c1-13-5-7-14(8-6-13)15-9-11-16(12-10-15)20-17(19)18(2,3)4/h5-9,11H,10,12H2,1-4H3. The molecule has 0 saturated carbocycles. The minimum atomic E-state index is -0.457. The van der Waals surface area contributed by atoms with Crippen LogP contribution in [0.15, 0.2) is 42.2 Å². The molecule has 106 valence electrons. The maximum absolute atomic E-state index is 11.8. The highest BCUT2D eigenvalue weighted by atomic mass is 16.5. The quantitative estimate of drug-likeness (QED) is 0.731. The van der Waals surface area contributed by atoms with Crippen LogP contribution in [0.4, 0.5) is 0 Å². The highest BCUT2D eigenvalue weighted by Gasteiger charge is 2.24. The van der Waals surface area contributed by atoms with Crippen molar-refractivity contribution >= 4 is 11.5 Å². The molecule has 1 aliphatic rings. The summed E-state index contributed by atoms with van der Waals surface area (Å²) in [5.41, 5.74) is 3.34. The van der Waals surface area contributed by atoms with E-state index in [4.69, 9.17) is 4.74 Å². The molecule has 0 aliphatic heterocycles. The summed E-state index contributed by atoms with van der Waals surface area (Å²) >= 11 is 0. The third-order valence-electron chi connectivity index (χ3n) is 3.37. The fourth-order valence-corrected chi connectivity index (χ4v) is 1.98. The monoisotopic (exact) mass is 270 g/mol. The van der Waals surface area contributed by atoms with Gasteiger partial charge >= 0.3 is 5.97 Å². The third kappa shape index (κ3) is 3.60. The Morgan fingerprint density at radius 2 is 1.70 bits per heavy atom. The van der Waals surface area contributed by atoms with E-state index in [-0.39, 0.29) is 5.97 Å². The first kappa shape index (κ1) is 14.6. The smallest absolute Gasteiger partial charge is 0.316 e. The van der Waals surface area contributed by atoms with Crippen LogP contribution >= 0.6 is 0 Å². The number of ether oxygens (including phenoxy) is 1. The first-order valence-corrected chi connectivity index (χ1v) is 7.05. The van der Waals surface area contributed by atoms with E-state index < -0.39 is 5.41 Å². The van der Waals surface area contributed by atoms with E-state index in [1.54, 1.807) is 0 Å². The van der Waals surface area contributed by atoms with Crippen molar-refractivity contribution in [2.45, 2.75) is 40.5 Å². The molecule has 0 aromatic heterocycles. The van der Waals surface area contributed by atoms with Gasteiger partial charge in [0.25, 0.3) is 0 Å². The van der Waals surface area contributed by atoms with E-state index in [2.05, 4.69) is 37.3 Å². The molecule has 2 nitrogen and oxygen atoms in total. The summed E-state index contributed by atoms with van der Waals surface area (Å²) in [6, 6.07) is 8.52. The van der Waals surface area contributed by atoms with Crippen molar-refractivity contribution in [3.63, 3.8) is 0 Å².